The molecule has 3 unspecified atom stereocenters. The Bertz CT molecular complexity index is 1180. The summed E-state index contributed by atoms with van der Waals surface area (Å²) < 4.78 is 23.6. The number of rotatable bonds is 11. The Labute approximate surface area is 231 Å². The summed E-state index contributed by atoms with van der Waals surface area (Å²) in [6, 6.07) is 22.5. The average Bonchev–Trinajstić information content (AvgIpc) is 2.97. The summed E-state index contributed by atoms with van der Waals surface area (Å²) >= 11 is 0. The molecule has 0 aliphatic carbocycles. The predicted molar refractivity (Wildman–Crippen MR) is 153 cm³/mol. The van der Waals surface area contributed by atoms with E-state index in [-0.39, 0.29) is 12.0 Å². The zero-order chi connectivity index (χ0) is 27.0. The number of piperidine rings is 1. The number of anilines is 1. The number of benzene rings is 3. The molecule has 3 aromatic carbocycles. The normalized spacial score (nSPS) is 20.8. The van der Waals surface area contributed by atoms with Crippen LogP contribution in [-0.4, -0.2) is 63.8 Å². The molecule has 0 spiro atoms. The quantitative estimate of drug-likeness (QED) is 0.340. The highest BCUT2D eigenvalue weighted by Crippen LogP contribution is 2.34. The van der Waals surface area contributed by atoms with Gasteiger partial charge in [0.2, 0.25) is 0 Å². The van der Waals surface area contributed by atoms with Crippen molar-refractivity contribution >= 4 is 5.69 Å². The Morgan fingerprint density at radius 2 is 1.72 bits per heavy atom. The second-order valence-electron chi connectivity index (χ2n) is 10.3. The lowest BCUT2D eigenvalue weighted by Gasteiger charge is -2.36. The van der Waals surface area contributed by atoms with Crippen LogP contribution in [0.25, 0.3) is 0 Å². The van der Waals surface area contributed by atoms with Crippen molar-refractivity contribution in [1.82, 2.24) is 5.32 Å². The molecular formula is C32H40N2O5. The summed E-state index contributed by atoms with van der Waals surface area (Å²) in [7, 11) is 1.74. The third-order valence-corrected chi connectivity index (χ3v) is 7.57. The van der Waals surface area contributed by atoms with Crippen LogP contribution < -0.4 is 19.7 Å². The molecule has 3 aromatic rings. The third-order valence-electron chi connectivity index (χ3n) is 7.57. The minimum Gasteiger partial charge on any atom is -0.490 e. The van der Waals surface area contributed by atoms with Gasteiger partial charge < -0.3 is 34.3 Å². The minimum absolute atomic E-state index is 0.129. The lowest BCUT2D eigenvalue weighted by Crippen LogP contribution is -2.49. The van der Waals surface area contributed by atoms with E-state index < -0.39 is 6.10 Å². The highest BCUT2D eigenvalue weighted by Gasteiger charge is 2.34. The highest BCUT2D eigenvalue weighted by atomic mass is 16.5. The van der Waals surface area contributed by atoms with E-state index >= 15 is 0 Å². The molecule has 2 aliphatic heterocycles. The largest absolute Gasteiger partial charge is 0.490 e. The zero-order valence-corrected chi connectivity index (χ0v) is 23.0. The van der Waals surface area contributed by atoms with Gasteiger partial charge in [0.05, 0.1) is 31.0 Å². The average molecular weight is 533 g/mol. The monoisotopic (exact) mass is 532 g/mol. The van der Waals surface area contributed by atoms with Crippen LogP contribution in [0.4, 0.5) is 5.69 Å². The number of fused-ring (bicyclic) bond motifs is 1. The zero-order valence-electron chi connectivity index (χ0n) is 23.0. The van der Waals surface area contributed by atoms with Gasteiger partial charge in [-0.1, -0.05) is 37.3 Å². The van der Waals surface area contributed by atoms with Crippen molar-refractivity contribution in [3.05, 3.63) is 83.4 Å². The number of β-amino-alcohol motifs (C(OH)–C–C–N with tert-alkyl or cyclic N) is 1. The fourth-order valence-corrected chi connectivity index (χ4v) is 5.41. The maximum atomic E-state index is 10.9. The fraction of sp³-hybridized carbons (Fsp3) is 0.438. The van der Waals surface area contributed by atoms with Crippen molar-refractivity contribution < 1.29 is 24.1 Å². The first kappa shape index (κ1) is 27.5. The topological polar surface area (TPSA) is 72.4 Å². The SMILES string of the molecule is CCc1ccc(Oc2ccc(C3C(O)CNCC3OCc3ccc4c(c3)N(CCCOC)CCO4)cc2)cc1. The Balaban J connectivity index is 1.24. The van der Waals surface area contributed by atoms with Gasteiger partial charge in [0.15, 0.2) is 0 Å². The van der Waals surface area contributed by atoms with Crippen LogP contribution in [0.5, 0.6) is 17.2 Å². The molecule has 1 fully saturated rings. The maximum absolute atomic E-state index is 10.9. The molecule has 0 saturated carbocycles. The summed E-state index contributed by atoms with van der Waals surface area (Å²) in [4.78, 5) is 2.36. The summed E-state index contributed by atoms with van der Waals surface area (Å²) in [5, 5.41) is 14.3. The first-order chi connectivity index (χ1) is 19.1. The summed E-state index contributed by atoms with van der Waals surface area (Å²) in [5.41, 5.74) is 4.53. The second-order valence-corrected chi connectivity index (χ2v) is 10.3. The fourth-order valence-electron chi connectivity index (χ4n) is 5.41. The molecule has 0 amide bonds. The molecule has 2 N–H and O–H groups in total. The van der Waals surface area contributed by atoms with Gasteiger partial charge in [-0.3, -0.25) is 0 Å². The molecule has 7 heteroatoms. The first-order valence-corrected chi connectivity index (χ1v) is 14.0. The number of aliphatic hydroxyl groups is 1. The number of methoxy groups -OCH3 is 1. The van der Waals surface area contributed by atoms with Crippen molar-refractivity contribution in [3.8, 4) is 17.2 Å². The number of aliphatic hydroxyl groups excluding tert-OH is 1. The van der Waals surface area contributed by atoms with Gasteiger partial charge in [0, 0.05) is 39.3 Å². The van der Waals surface area contributed by atoms with Gasteiger partial charge in [-0.05, 0) is 65.9 Å². The Hall–Kier alpha value is -3.10. The summed E-state index contributed by atoms with van der Waals surface area (Å²) in [6.07, 6.45) is 1.28. The second kappa shape index (κ2) is 13.3. The van der Waals surface area contributed by atoms with Crippen LogP contribution in [0.1, 0.15) is 36.0 Å². The van der Waals surface area contributed by atoms with Gasteiger partial charge >= 0.3 is 0 Å². The van der Waals surface area contributed by atoms with Crippen LogP contribution in [0.3, 0.4) is 0 Å². The van der Waals surface area contributed by atoms with E-state index in [4.69, 9.17) is 18.9 Å². The number of hydrogen-bond acceptors (Lipinski definition) is 7. The molecule has 0 bridgehead atoms. The van der Waals surface area contributed by atoms with Gasteiger partial charge in [-0.15, -0.1) is 0 Å². The lowest BCUT2D eigenvalue weighted by atomic mass is 9.85. The van der Waals surface area contributed by atoms with Gasteiger partial charge in [-0.25, -0.2) is 0 Å². The van der Waals surface area contributed by atoms with E-state index in [0.29, 0.717) is 26.3 Å². The molecule has 208 valence electrons. The van der Waals surface area contributed by atoms with Crippen molar-refractivity contribution in [2.45, 2.75) is 44.5 Å². The Morgan fingerprint density at radius 3 is 2.46 bits per heavy atom. The highest BCUT2D eigenvalue weighted by molar-refractivity contribution is 5.61. The van der Waals surface area contributed by atoms with Gasteiger partial charge in [0.25, 0.3) is 0 Å². The molecule has 39 heavy (non-hydrogen) atoms. The smallest absolute Gasteiger partial charge is 0.142 e. The Kier molecular flexibility index (Phi) is 9.37. The number of nitrogens with one attached hydrogen (secondary N) is 1. The first-order valence-electron chi connectivity index (χ1n) is 14.0. The molecule has 5 rings (SSSR count). The third kappa shape index (κ3) is 6.92. The van der Waals surface area contributed by atoms with Crippen molar-refractivity contribution in [2.24, 2.45) is 0 Å². The van der Waals surface area contributed by atoms with Gasteiger partial charge in [0.1, 0.15) is 23.9 Å². The minimum atomic E-state index is -0.537. The van der Waals surface area contributed by atoms with Crippen molar-refractivity contribution in [2.75, 3.05) is 51.4 Å². The van der Waals surface area contributed by atoms with E-state index in [1.807, 2.05) is 42.5 Å². The number of nitrogens with zero attached hydrogens (tertiary/aromatic N) is 1. The van der Waals surface area contributed by atoms with Crippen molar-refractivity contribution in [1.29, 1.82) is 0 Å². The molecule has 2 heterocycles. The molecular weight excluding hydrogens is 492 g/mol. The van der Waals surface area contributed by atoms with E-state index in [0.717, 1.165) is 66.6 Å². The van der Waals surface area contributed by atoms with Crippen LogP contribution >= 0.6 is 0 Å². The standard InChI is InChI=1S/C32H40N2O5/c1-3-23-5-10-26(11-6-23)39-27-12-8-25(9-13-27)32-29(35)20-33-21-31(32)38-22-24-7-14-30-28(19-24)34(16-18-37-30)15-4-17-36-2/h5-14,19,29,31-33,35H,3-4,15-18,20-22H2,1-2H3. The van der Waals surface area contributed by atoms with Gasteiger partial charge in [-0.2, -0.15) is 0 Å². The number of ether oxygens (including phenoxy) is 4. The van der Waals surface area contributed by atoms with Crippen LogP contribution in [0.15, 0.2) is 66.7 Å². The maximum Gasteiger partial charge on any atom is 0.142 e. The van der Waals surface area contributed by atoms with E-state index in [9.17, 15) is 5.11 Å². The Morgan fingerprint density at radius 1 is 0.974 bits per heavy atom. The molecule has 7 nitrogen and oxygen atoms in total. The van der Waals surface area contributed by atoms with E-state index in [1.54, 1.807) is 7.11 Å². The summed E-state index contributed by atoms with van der Waals surface area (Å²) in [6.45, 7) is 7.06. The van der Waals surface area contributed by atoms with Crippen LogP contribution in [0, 0.1) is 0 Å². The summed E-state index contributed by atoms with van der Waals surface area (Å²) in [5.74, 6) is 2.38. The van der Waals surface area contributed by atoms with E-state index in [2.05, 4.69) is 41.4 Å². The predicted octanol–water partition coefficient (Wildman–Crippen LogP) is 4.91. The molecule has 2 aliphatic rings. The van der Waals surface area contributed by atoms with Crippen LogP contribution in [-0.2, 0) is 22.5 Å². The van der Waals surface area contributed by atoms with Crippen LogP contribution in [0.2, 0.25) is 0 Å². The number of hydrogen-bond donors (Lipinski definition) is 2. The molecule has 3 atom stereocenters. The van der Waals surface area contributed by atoms with E-state index in [1.165, 1.54) is 5.56 Å². The lowest BCUT2D eigenvalue weighted by molar-refractivity contribution is -0.0328. The van der Waals surface area contributed by atoms with Crippen molar-refractivity contribution in [3.63, 3.8) is 0 Å². The molecule has 0 radical (unpaired) electrons. The molecule has 0 aromatic heterocycles. The molecule has 1 saturated heterocycles. The number of aryl methyl sites for hydroxylation is 1.